The van der Waals surface area contributed by atoms with Crippen molar-refractivity contribution in [3.8, 4) is 0 Å². The van der Waals surface area contributed by atoms with E-state index in [4.69, 9.17) is 0 Å². The van der Waals surface area contributed by atoms with Crippen LogP contribution in [0.25, 0.3) is 12.2 Å². The molecule has 0 fully saturated rings. The van der Waals surface area contributed by atoms with Gasteiger partial charge in [-0.05, 0) is 66.0 Å². The lowest BCUT2D eigenvalue weighted by Gasteiger charge is -2.12. The van der Waals surface area contributed by atoms with Gasteiger partial charge in [0.25, 0.3) is 0 Å². The molecule has 0 spiro atoms. The maximum absolute atomic E-state index is 14.3. The summed E-state index contributed by atoms with van der Waals surface area (Å²) < 4.78 is 14.3. The van der Waals surface area contributed by atoms with Crippen molar-refractivity contribution in [2.24, 2.45) is 0 Å². The van der Waals surface area contributed by atoms with Crippen molar-refractivity contribution in [2.75, 3.05) is 0 Å². The Morgan fingerprint density at radius 2 is 1.55 bits per heavy atom. The molecule has 1 heteroatoms. The van der Waals surface area contributed by atoms with Gasteiger partial charge < -0.3 is 0 Å². The van der Waals surface area contributed by atoms with Gasteiger partial charge in [0.05, 0.1) is 0 Å². The highest BCUT2D eigenvalue weighted by Gasteiger charge is 2.06. The van der Waals surface area contributed by atoms with Gasteiger partial charge in [-0.15, -0.1) is 0 Å². The fourth-order valence-corrected chi connectivity index (χ4v) is 3.49. The molecule has 0 aromatic heterocycles. The van der Waals surface area contributed by atoms with Crippen LogP contribution in [0.3, 0.4) is 0 Å². The third-order valence-corrected chi connectivity index (χ3v) is 5.25. The standard InChI is InChI=1S/C28H29F/c1-3-4-6-11-27-19-18-25(21-28(27)29)17-14-23-12-15-24(16-13-23)20-22(2)26-9-7-5-8-10-26/h3-5,7-10,12-19,21-22H,6,11,20H2,1-2H3/b4-3+,17-14?/t22-/m0/s1. The molecule has 0 nitrogen and oxygen atoms in total. The predicted octanol–water partition coefficient (Wildman–Crippen LogP) is 7.85. The molecule has 0 amide bonds. The zero-order chi connectivity index (χ0) is 20.5. The van der Waals surface area contributed by atoms with Gasteiger partial charge >= 0.3 is 0 Å². The second-order valence-electron chi connectivity index (χ2n) is 7.55. The third kappa shape index (κ3) is 6.29. The smallest absolute Gasteiger partial charge is 0.127 e. The first-order chi connectivity index (χ1) is 14.2. The van der Waals surface area contributed by atoms with Gasteiger partial charge in [-0.25, -0.2) is 4.39 Å². The van der Waals surface area contributed by atoms with E-state index in [2.05, 4.69) is 67.6 Å². The zero-order valence-electron chi connectivity index (χ0n) is 17.3. The summed E-state index contributed by atoms with van der Waals surface area (Å²) in [7, 11) is 0. The van der Waals surface area contributed by atoms with E-state index in [0.717, 1.165) is 36.0 Å². The molecule has 29 heavy (non-hydrogen) atoms. The number of hydrogen-bond acceptors (Lipinski definition) is 0. The molecular formula is C28H29F. The average Bonchev–Trinajstić information content (AvgIpc) is 2.75. The van der Waals surface area contributed by atoms with Crippen molar-refractivity contribution < 1.29 is 4.39 Å². The molecule has 0 bridgehead atoms. The molecule has 3 aromatic carbocycles. The molecule has 3 rings (SSSR count). The number of rotatable bonds is 8. The summed E-state index contributed by atoms with van der Waals surface area (Å²) in [4.78, 5) is 0. The molecule has 0 aliphatic heterocycles. The van der Waals surface area contributed by atoms with Crippen molar-refractivity contribution in [3.63, 3.8) is 0 Å². The number of aryl methyl sites for hydroxylation is 1. The number of halogens is 1. The molecule has 0 radical (unpaired) electrons. The molecule has 3 aromatic rings. The summed E-state index contributed by atoms with van der Waals surface area (Å²) in [6.45, 7) is 4.25. The number of benzene rings is 3. The summed E-state index contributed by atoms with van der Waals surface area (Å²) in [5, 5.41) is 0. The van der Waals surface area contributed by atoms with E-state index in [0.29, 0.717) is 5.92 Å². The Bertz CT molecular complexity index is 949. The Kier molecular flexibility index (Phi) is 7.58. The summed E-state index contributed by atoms with van der Waals surface area (Å²) in [5.74, 6) is 0.369. The Morgan fingerprint density at radius 3 is 2.24 bits per heavy atom. The van der Waals surface area contributed by atoms with Crippen LogP contribution in [-0.4, -0.2) is 0 Å². The first-order valence-corrected chi connectivity index (χ1v) is 10.4. The minimum Gasteiger partial charge on any atom is -0.207 e. The van der Waals surface area contributed by atoms with Crippen LogP contribution in [0.4, 0.5) is 4.39 Å². The predicted molar refractivity (Wildman–Crippen MR) is 123 cm³/mol. The lowest BCUT2D eigenvalue weighted by molar-refractivity contribution is 0.609. The van der Waals surface area contributed by atoms with Crippen molar-refractivity contribution in [3.05, 3.63) is 119 Å². The first-order valence-electron chi connectivity index (χ1n) is 10.4. The van der Waals surface area contributed by atoms with Gasteiger partial charge in [-0.2, -0.15) is 0 Å². The van der Waals surface area contributed by atoms with Crippen LogP contribution >= 0.6 is 0 Å². The van der Waals surface area contributed by atoms with Crippen LogP contribution in [0.2, 0.25) is 0 Å². The van der Waals surface area contributed by atoms with Gasteiger partial charge in [0.2, 0.25) is 0 Å². The van der Waals surface area contributed by atoms with Gasteiger partial charge in [-0.1, -0.05) is 98.0 Å². The van der Waals surface area contributed by atoms with E-state index in [-0.39, 0.29) is 5.82 Å². The van der Waals surface area contributed by atoms with Crippen LogP contribution < -0.4 is 0 Å². The minimum atomic E-state index is -0.123. The highest BCUT2D eigenvalue weighted by atomic mass is 19.1. The molecule has 0 saturated heterocycles. The normalized spacial score (nSPS) is 12.7. The molecule has 0 aliphatic carbocycles. The Labute approximate surface area is 174 Å². The third-order valence-electron chi connectivity index (χ3n) is 5.25. The van der Waals surface area contributed by atoms with Crippen LogP contribution in [0, 0.1) is 5.82 Å². The molecule has 1 atom stereocenters. The lowest BCUT2D eigenvalue weighted by atomic mass is 9.93. The average molecular weight is 385 g/mol. The van der Waals surface area contributed by atoms with Gasteiger partial charge in [0.15, 0.2) is 0 Å². The van der Waals surface area contributed by atoms with E-state index in [1.165, 1.54) is 11.1 Å². The molecule has 0 unspecified atom stereocenters. The maximum Gasteiger partial charge on any atom is 0.127 e. The summed E-state index contributed by atoms with van der Waals surface area (Å²) in [5.41, 5.74) is 5.48. The Morgan fingerprint density at radius 1 is 0.862 bits per heavy atom. The second kappa shape index (κ2) is 10.6. The molecular weight excluding hydrogens is 355 g/mol. The molecule has 0 N–H and O–H groups in total. The number of hydrogen-bond donors (Lipinski definition) is 0. The lowest BCUT2D eigenvalue weighted by Crippen LogP contribution is -1.98. The van der Waals surface area contributed by atoms with Crippen molar-refractivity contribution in [1.82, 2.24) is 0 Å². The highest BCUT2D eigenvalue weighted by Crippen LogP contribution is 2.21. The highest BCUT2D eigenvalue weighted by molar-refractivity contribution is 5.69. The summed E-state index contributed by atoms with van der Waals surface area (Å²) in [6.07, 6.45) is 10.7. The molecule has 0 heterocycles. The van der Waals surface area contributed by atoms with Crippen LogP contribution in [0.5, 0.6) is 0 Å². The van der Waals surface area contributed by atoms with E-state index in [1.807, 2.05) is 37.3 Å². The number of allylic oxidation sites excluding steroid dienone is 2. The maximum atomic E-state index is 14.3. The fourth-order valence-electron chi connectivity index (χ4n) is 3.49. The first kappa shape index (κ1) is 20.8. The summed E-state index contributed by atoms with van der Waals surface area (Å²) in [6, 6.07) is 24.8. The van der Waals surface area contributed by atoms with E-state index >= 15 is 0 Å². The van der Waals surface area contributed by atoms with Crippen molar-refractivity contribution >= 4 is 12.2 Å². The van der Waals surface area contributed by atoms with Crippen LogP contribution in [0.1, 0.15) is 54.0 Å². The Balaban J connectivity index is 1.60. The summed E-state index contributed by atoms with van der Waals surface area (Å²) >= 11 is 0. The topological polar surface area (TPSA) is 0 Å². The quantitative estimate of drug-likeness (QED) is 0.274. The monoisotopic (exact) mass is 384 g/mol. The van der Waals surface area contributed by atoms with E-state index in [9.17, 15) is 4.39 Å². The molecule has 148 valence electrons. The fraction of sp³-hybridized carbons (Fsp3) is 0.214. The van der Waals surface area contributed by atoms with Crippen molar-refractivity contribution in [2.45, 2.75) is 39.0 Å². The zero-order valence-corrected chi connectivity index (χ0v) is 17.3. The van der Waals surface area contributed by atoms with E-state index in [1.54, 1.807) is 6.07 Å². The minimum absolute atomic E-state index is 0.123. The SMILES string of the molecule is C/C=C/CCc1ccc(C=Cc2ccc(C[C@H](C)c3ccccc3)cc2)cc1F. The largest absolute Gasteiger partial charge is 0.207 e. The van der Waals surface area contributed by atoms with Crippen LogP contribution in [0.15, 0.2) is 84.9 Å². The molecule has 0 saturated carbocycles. The van der Waals surface area contributed by atoms with Gasteiger partial charge in [0.1, 0.15) is 5.82 Å². The van der Waals surface area contributed by atoms with Crippen molar-refractivity contribution in [1.29, 1.82) is 0 Å². The van der Waals surface area contributed by atoms with Gasteiger partial charge in [0, 0.05) is 0 Å². The van der Waals surface area contributed by atoms with Gasteiger partial charge in [-0.3, -0.25) is 0 Å². The second-order valence-corrected chi connectivity index (χ2v) is 7.55. The Hall–Kier alpha value is -2.93. The van der Waals surface area contributed by atoms with E-state index < -0.39 is 0 Å². The van der Waals surface area contributed by atoms with Crippen LogP contribution in [-0.2, 0) is 12.8 Å². The molecule has 0 aliphatic rings.